The Morgan fingerprint density at radius 3 is 2.10 bits per heavy atom. The number of fused-ring (bicyclic) bond motifs is 17. The van der Waals surface area contributed by atoms with E-state index in [9.17, 15) is 0 Å². The summed E-state index contributed by atoms with van der Waals surface area (Å²) in [5.74, 6) is 0. The van der Waals surface area contributed by atoms with Crippen molar-refractivity contribution in [1.82, 2.24) is 14.5 Å². The summed E-state index contributed by atoms with van der Waals surface area (Å²) >= 11 is 3.77. The molecule has 0 radical (unpaired) electrons. The SMILES string of the molecule is Brc1ccc2c(c1)-c1ccccc1C21c2ccccc2-n2c3c1cccc3c1c3cccnc3c3ncccc3c12. The molecule has 0 bridgehead atoms. The van der Waals surface area contributed by atoms with Gasteiger partial charge < -0.3 is 4.57 Å². The Labute approximate surface area is 243 Å². The van der Waals surface area contributed by atoms with Crippen molar-refractivity contribution in [2.24, 2.45) is 0 Å². The van der Waals surface area contributed by atoms with E-state index in [1.165, 1.54) is 60.9 Å². The second-order valence-corrected chi connectivity index (χ2v) is 12.0. The molecule has 0 fully saturated rings. The lowest BCUT2D eigenvalue weighted by Gasteiger charge is -2.39. The summed E-state index contributed by atoms with van der Waals surface area (Å²) in [6.07, 6.45) is 3.75. The molecule has 1 unspecified atom stereocenters. The summed E-state index contributed by atoms with van der Waals surface area (Å²) in [5, 5.41) is 4.75. The topological polar surface area (TPSA) is 30.7 Å². The van der Waals surface area contributed by atoms with Crippen molar-refractivity contribution >= 4 is 59.5 Å². The second-order valence-electron chi connectivity index (χ2n) is 11.1. The van der Waals surface area contributed by atoms with Gasteiger partial charge in [0.05, 0.1) is 33.2 Å². The summed E-state index contributed by atoms with van der Waals surface area (Å²) in [7, 11) is 0. The van der Waals surface area contributed by atoms with Crippen LogP contribution in [0, 0.1) is 0 Å². The standard InChI is InChI=1S/C37H20BrN3/c38-21-16-17-28-26(20-21)22-8-1-2-12-27(22)37(28)29-13-3-4-15-31(29)41-35-24(9-5-14-30(35)37)32-23-10-6-18-39-33(23)34-25(36(32)41)11-7-19-40-34/h1-20H. The molecule has 4 heterocycles. The van der Waals surface area contributed by atoms with E-state index in [0.29, 0.717) is 0 Å². The highest BCUT2D eigenvalue weighted by Gasteiger charge is 2.50. The van der Waals surface area contributed by atoms with Crippen LogP contribution in [-0.4, -0.2) is 14.5 Å². The lowest BCUT2D eigenvalue weighted by molar-refractivity contribution is 0.748. The van der Waals surface area contributed by atoms with Gasteiger partial charge in [-0.2, -0.15) is 0 Å². The van der Waals surface area contributed by atoms with E-state index in [2.05, 4.69) is 118 Å². The highest BCUT2D eigenvalue weighted by atomic mass is 79.9. The first-order valence-corrected chi connectivity index (χ1v) is 14.7. The van der Waals surface area contributed by atoms with Gasteiger partial charge in [0.1, 0.15) is 0 Å². The summed E-state index contributed by atoms with van der Waals surface area (Å²) in [6.45, 7) is 0. The molecular formula is C37H20BrN3. The maximum absolute atomic E-state index is 4.86. The Morgan fingerprint density at radius 2 is 1.22 bits per heavy atom. The Balaban J connectivity index is 1.53. The summed E-state index contributed by atoms with van der Waals surface area (Å²) in [4.78, 5) is 9.71. The number of hydrogen-bond donors (Lipinski definition) is 0. The third-order valence-corrected chi connectivity index (χ3v) is 9.81. The smallest absolute Gasteiger partial charge is 0.0986 e. The first-order chi connectivity index (χ1) is 20.3. The predicted molar refractivity (Wildman–Crippen MR) is 170 cm³/mol. The molecule has 0 N–H and O–H groups in total. The second kappa shape index (κ2) is 7.48. The van der Waals surface area contributed by atoms with Crippen molar-refractivity contribution in [2.75, 3.05) is 0 Å². The van der Waals surface area contributed by atoms with Gasteiger partial charge in [-0.25, -0.2) is 0 Å². The minimum absolute atomic E-state index is 0.435. The van der Waals surface area contributed by atoms with Gasteiger partial charge >= 0.3 is 0 Å². The third kappa shape index (κ3) is 2.44. The van der Waals surface area contributed by atoms with E-state index >= 15 is 0 Å². The number of halogens is 1. The molecular weight excluding hydrogens is 566 g/mol. The molecule has 1 atom stereocenters. The van der Waals surface area contributed by atoms with Crippen molar-refractivity contribution in [3.63, 3.8) is 0 Å². The number of para-hydroxylation sites is 2. The zero-order valence-corrected chi connectivity index (χ0v) is 23.4. The highest BCUT2D eigenvalue weighted by molar-refractivity contribution is 9.10. The van der Waals surface area contributed by atoms with E-state index in [-0.39, 0.29) is 0 Å². The van der Waals surface area contributed by atoms with Crippen LogP contribution in [0.5, 0.6) is 0 Å². The molecule has 41 heavy (non-hydrogen) atoms. The van der Waals surface area contributed by atoms with Crippen molar-refractivity contribution in [3.8, 4) is 16.8 Å². The van der Waals surface area contributed by atoms with Crippen LogP contribution in [0.25, 0.3) is 60.4 Å². The van der Waals surface area contributed by atoms with Crippen LogP contribution < -0.4 is 0 Å². The van der Waals surface area contributed by atoms with Crippen LogP contribution in [0.15, 0.2) is 126 Å². The normalized spacial score (nSPS) is 16.5. The number of benzene rings is 5. The Hall–Kier alpha value is -4.80. The zero-order chi connectivity index (χ0) is 26.9. The van der Waals surface area contributed by atoms with E-state index < -0.39 is 5.41 Å². The average Bonchev–Trinajstić information content (AvgIpc) is 3.52. The summed E-state index contributed by atoms with van der Waals surface area (Å²) in [6, 6.07) is 40.1. The lowest BCUT2D eigenvalue weighted by atomic mass is 9.65. The summed E-state index contributed by atoms with van der Waals surface area (Å²) in [5.41, 5.74) is 13.0. The molecule has 5 aromatic carbocycles. The number of nitrogens with zero attached hydrogens (tertiary/aromatic N) is 3. The van der Waals surface area contributed by atoms with Gasteiger partial charge in [0.25, 0.3) is 0 Å². The molecule has 2 aliphatic rings. The Kier molecular flexibility index (Phi) is 4.00. The molecule has 10 rings (SSSR count). The van der Waals surface area contributed by atoms with Gasteiger partial charge in [0.2, 0.25) is 0 Å². The Bertz CT molecular complexity index is 2450. The molecule has 4 heteroatoms. The number of rotatable bonds is 0. The average molecular weight is 586 g/mol. The van der Waals surface area contributed by atoms with Crippen LogP contribution in [0.3, 0.4) is 0 Å². The van der Waals surface area contributed by atoms with Crippen molar-refractivity contribution in [2.45, 2.75) is 5.41 Å². The number of aromatic nitrogens is 3. The lowest BCUT2D eigenvalue weighted by Crippen LogP contribution is -2.33. The van der Waals surface area contributed by atoms with Gasteiger partial charge in [0, 0.05) is 38.4 Å². The van der Waals surface area contributed by atoms with E-state index in [4.69, 9.17) is 9.97 Å². The predicted octanol–water partition coefficient (Wildman–Crippen LogP) is 9.32. The minimum atomic E-state index is -0.435. The van der Waals surface area contributed by atoms with E-state index in [0.717, 1.165) is 26.3 Å². The number of hydrogen-bond acceptors (Lipinski definition) is 2. The van der Waals surface area contributed by atoms with E-state index in [1.807, 2.05) is 24.5 Å². The van der Waals surface area contributed by atoms with Crippen LogP contribution in [0.1, 0.15) is 22.3 Å². The minimum Gasteiger partial charge on any atom is -0.308 e. The fraction of sp³-hybridized carbons (Fsp3) is 0.0270. The van der Waals surface area contributed by atoms with Gasteiger partial charge in [0.15, 0.2) is 0 Å². The molecule has 1 aliphatic heterocycles. The third-order valence-electron chi connectivity index (χ3n) is 9.31. The monoisotopic (exact) mass is 585 g/mol. The van der Waals surface area contributed by atoms with Gasteiger partial charge in [-0.1, -0.05) is 88.7 Å². The maximum atomic E-state index is 4.86. The molecule has 190 valence electrons. The van der Waals surface area contributed by atoms with Gasteiger partial charge in [-0.3, -0.25) is 9.97 Å². The van der Waals surface area contributed by atoms with Crippen molar-refractivity contribution in [1.29, 1.82) is 0 Å². The van der Waals surface area contributed by atoms with Crippen LogP contribution in [0.2, 0.25) is 0 Å². The molecule has 0 saturated heterocycles. The van der Waals surface area contributed by atoms with Crippen molar-refractivity contribution < 1.29 is 0 Å². The highest BCUT2D eigenvalue weighted by Crippen LogP contribution is 2.61. The first kappa shape index (κ1) is 22.0. The van der Waals surface area contributed by atoms with Gasteiger partial charge in [-0.15, -0.1) is 0 Å². The first-order valence-electron chi connectivity index (χ1n) is 13.9. The fourth-order valence-electron chi connectivity index (χ4n) is 7.96. The van der Waals surface area contributed by atoms with Crippen LogP contribution in [0.4, 0.5) is 0 Å². The zero-order valence-electron chi connectivity index (χ0n) is 21.8. The summed E-state index contributed by atoms with van der Waals surface area (Å²) < 4.78 is 3.61. The fourth-order valence-corrected chi connectivity index (χ4v) is 8.32. The molecule has 3 aromatic heterocycles. The molecule has 0 amide bonds. The Morgan fingerprint density at radius 1 is 0.537 bits per heavy atom. The molecule has 0 saturated carbocycles. The van der Waals surface area contributed by atoms with E-state index in [1.54, 1.807) is 0 Å². The quantitative estimate of drug-likeness (QED) is 0.166. The molecule has 1 spiro atoms. The maximum Gasteiger partial charge on any atom is 0.0986 e. The largest absolute Gasteiger partial charge is 0.308 e. The number of pyridine rings is 2. The molecule has 3 nitrogen and oxygen atoms in total. The van der Waals surface area contributed by atoms with Crippen molar-refractivity contribution in [3.05, 3.63) is 148 Å². The van der Waals surface area contributed by atoms with Crippen LogP contribution in [-0.2, 0) is 5.41 Å². The van der Waals surface area contributed by atoms with Crippen LogP contribution >= 0.6 is 15.9 Å². The molecule has 1 aliphatic carbocycles. The molecule has 8 aromatic rings. The van der Waals surface area contributed by atoms with Gasteiger partial charge in [-0.05, 0) is 69.8 Å².